The number of ether oxygens (including phenoxy) is 1. The molecule has 0 spiro atoms. The standard InChI is InChI=1S/C29H34N4O2S/c1-29(2)16-23-26(28(32-10-12-35-13-11-32)36-27(23)25(34)17-29)20-6-8-31-24(15-20)19-4-3-5-22(14-19)33-9-7-21(30)18-33/h3-6,8,14-15,21H,7,9-13,16-18,30H2,1-2H3/t21-/m1/s1. The summed E-state index contributed by atoms with van der Waals surface area (Å²) in [5.74, 6) is 0.276. The van der Waals surface area contributed by atoms with Gasteiger partial charge in [-0.1, -0.05) is 26.0 Å². The Morgan fingerprint density at radius 2 is 1.89 bits per heavy atom. The second-order valence-corrected chi connectivity index (χ2v) is 12.1. The summed E-state index contributed by atoms with van der Waals surface area (Å²) in [4.78, 5) is 23.7. The molecule has 6 nitrogen and oxygen atoms in total. The molecule has 3 aliphatic rings. The average molecular weight is 503 g/mol. The number of hydrogen-bond donors (Lipinski definition) is 1. The zero-order valence-corrected chi connectivity index (χ0v) is 21.9. The second-order valence-electron chi connectivity index (χ2n) is 11.1. The van der Waals surface area contributed by atoms with Gasteiger partial charge in [-0.15, -0.1) is 11.3 Å². The Hall–Kier alpha value is -2.74. The SMILES string of the molecule is CC1(C)CC(=O)c2sc(N3CCOCC3)c(-c3ccnc(-c4cccc(N5CC[C@@H](N)C5)c4)c3)c2C1. The summed E-state index contributed by atoms with van der Waals surface area (Å²) >= 11 is 1.68. The number of thiophene rings is 1. The normalized spacial score (nSPS) is 21.6. The average Bonchev–Trinajstić information content (AvgIpc) is 3.48. The van der Waals surface area contributed by atoms with Crippen LogP contribution in [0.2, 0.25) is 0 Å². The number of nitrogens with zero attached hydrogens (tertiary/aromatic N) is 3. The highest BCUT2D eigenvalue weighted by atomic mass is 32.1. The maximum atomic E-state index is 13.2. The highest BCUT2D eigenvalue weighted by Crippen LogP contribution is 2.49. The van der Waals surface area contributed by atoms with Crippen molar-refractivity contribution in [3.8, 4) is 22.4 Å². The molecule has 1 atom stereocenters. The van der Waals surface area contributed by atoms with E-state index in [4.69, 9.17) is 15.5 Å². The summed E-state index contributed by atoms with van der Waals surface area (Å²) in [6.07, 6.45) is 4.45. The molecule has 7 heteroatoms. The number of Topliss-reactive ketones (excluding diaryl/α,β-unsaturated/α-hetero) is 1. The Bertz CT molecular complexity index is 1290. The molecule has 1 aliphatic carbocycles. The van der Waals surface area contributed by atoms with E-state index in [-0.39, 0.29) is 17.2 Å². The smallest absolute Gasteiger partial charge is 0.173 e. The first-order chi connectivity index (χ1) is 17.4. The van der Waals surface area contributed by atoms with Gasteiger partial charge in [-0.25, -0.2) is 0 Å². The molecule has 4 heterocycles. The summed E-state index contributed by atoms with van der Waals surface area (Å²) in [6.45, 7) is 9.43. The van der Waals surface area contributed by atoms with E-state index in [1.54, 1.807) is 11.3 Å². The van der Waals surface area contributed by atoms with Crippen molar-refractivity contribution in [2.45, 2.75) is 39.2 Å². The van der Waals surface area contributed by atoms with Crippen molar-refractivity contribution in [2.75, 3.05) is 49.2 Å². The molecule has 188 valence electrons. The maximum absolute atomic E-state index is 13.2. The third-order valence-corrected chi connectivity index (χ3v) is 8.95. The number of aromatic nitrogens is 1. The number of fused-ring (bicyclic) bond motifs is 1. The minimum absolute atomic E-state index is 0.0387. The number of ketones is 1. The molecule has 0 unspecified atom stereocenters. The van der Waals surface area contributed by atoms with Crippen LogP contribution < -0.4 is 15.5 Å². The molecule has 0 amide bonds. The lowest BCUT2D eigenvalue weighted by atomic mass is 9.75. The Morgan fingerprint density at radius 1 is 1.06 bits per heavy atom. The lowest BCUT2D eigenvalue weighted by molar-refractivity contribution is 0.0918. The summed E-state index contributed by atoms with van der Waals surface area (Å²) in [5.41, 5.74) is 12.9. The molecule has 2 N–H and O–H groups in total. The molecule has 6 rings (SSSR count). The predicted molar refractivity (Wildman–Crippen MR) is 147 cm³/mol. The van der Waals surface area contributed by atoms with Crippen LogP contribution in [0.15, 0.2) is 42.6 Å². The fourth-order valence-corrected chi connectivity index (χ4v) is 7.15. The van der Waals surface area contributed by atoms with Gasteiger partial charge < -0.3 is 20.3 Å². The third-order valence-electron chi connectivity index (χ3n) is 7.61. The molecule has 2 fully saturated rings. The van der Waals surface area contributed by atoms with Crippen LogP contribution in [0.3, 0.4) is 0 Å². The minimum atomic E-state index is -0.0387. The first kappa shape index (κ1) is 23.6. The van der Waals surface area contributed by atoms with Gasteiger partial charge in [-0.2, -0.15) is 0 Å². The molecule has 1 aromatic carbocycles. The molecule has 36 heavy (non-hydrogen) atoms. The Balaban J connectivity index is 1.43. The van der Waals surface area contributed by atoms with Gasteiger partial charge in [0.15, 0.2) is 5.78 Å². The van der Waals surface area contributed by atoms with Crippen molar-refractivity contribution in [1.82, 2.24) is 4.98 Å². The van der Waals surface area contributed by atoms with Crippen LogP contribution in [0.5, 0.6) is 0 Å². The summed E-state index contributed by atoms with van der Waals surface area (Å²) < 4.78 is 5.63. The highest BCUT2D eigenvalue weighted by Gasteiger charge is 2.37. The van der Waals surface area contributed by atoms with Crippen molar-refractivity contribution in [3.05, 3.63) is 53.0 Å². The van der Waals surface area contributed by atoms with Crippen LogP contribution in [0, 0.1) is 5.41 Å². The minimum Gasteiger partial charge on any atom is -0.378 e. The number of pyridine rings is 1. The second kappa shape index (κ2) is 9.29. The van der Waals surface area contributed by atoms with E-state index in [1.807, 2.05) is 6.20 Å². The van der Waals surface area contributed by atoms with Crippen molar-refractivity contribution < 1.29 is 9.53 Å². The van der Waals surface area contributed by atoms with E-state index in [0.29, 0.717) is 6.42 Å². The molecule has 2 saturated heterocycles. The Labute approximate surface area is 217 Å². The van der Waals surface area contributed by atoms with Gasteiger partial charge in [-0.05, 0) is 53.6 Å². The van der Waals surface area contributed by atoms with Crippen LogP contribution >= 0.6 is 11.3 Å². The van der Waals surface area contributed by atoms with E-state index in [9.17, 15) is 4.79 Å². The number of benzene rings is 1. The molecule has 3 aromatic rings. The number of nitrogens with two attached hydrogens (primary N) is 1. The number of anilines is 2. The van der Waals surface area contributed by atoms with Crippen molar-refractivity contribution in [1.29, 1.82) is 0 Å². The fraction of sp³-hybridized carbons (Fsp3) is 0.448. The number of morpholine rings is 1. The van der Waals surface area contributed by atoms with Gasteiger partial charge in [0.25, 0.3) is 0 Å². The van der Waals surface area contributed by atoms with Crippen LogP contribution in [0.1, 0.15) is 41.9 Å². The quantitative estimate of drug-likeness (QED) is 0.541. The van der Waals surface area contributed by atoms with Crippen LogP contribution in [0.25, 0.3) is 22.4 Å². The first-order valence-corrected chi connectivity index (χ1v) is 13.8. The maximum Gasteiger partial charge on any atom is 0.173 e. The van der Waals surface area contributed by atoms with Crippen LogP contribution in [-0.2, 0) is 11.2 Å². The lowest BCUT2D eigenvalue weighted by Crippen LogP contribution is -2.36. The topological polar surface area (TPSA) is 71.7 Å². The van der Waals surface area contributed by atoms with Gasteiger partial charge in [0.05, 0.1) is 28.8 Å². The van der Waals surface area contributed by atoms with Crippen molar-refractivity contribution >= 4 is 27.8 Å². The highest BCUT2D eigenvalue weighted by molar-refractivity contribution is 7.19. The molecular formula is C29H34N4O2S. The number of carbonyl (C=O) groups excluding carboxylic acids is 1. The first-order valence-electron chi connectivity index (χ1n) is 13.0. The summed E-state index contributed by atoms with van der Waals surface area (Å²) in [7, 11) is 0. The van der Waals surface area contributed by atoms with E-state index >= 15 is 0 Å². The molecule has 2 aromatic heterocycles. The van der Waals surface area contributed by atoms with Gasteiger partial charge in [0.2, 0.25) is 0 Å². The van der Waals surface area contributed by atoms with E-state index in [0.717, 1.165) is 73.9 Å². The molecule has 2 aliphatic heterocycles. The zero-order chi connectivity index (χ0) is 24.9. The molecule has 0 radical (unpaired) electrons. The van der Waals surface area contributed by atoms with E-state index in [1.165, 1.54) is 21.8 Å². The molecule has 0 bridgehead atoms. The van der Waals surface area contributed by atoms with Crippen molar-refractivity contribution in [3.63, 3.8) is 0 Å². The van der Waals surface area contributed by atoms with Gasteiger partial charge in [0, 0.05) is 61.7 Å². The Morgan fingerprint density at radius 3 is 2.67 bits per heavy atom. The number of hydrogen-bond acceptors (Lipinski definition) is 7. The monoisotopic (exact) mass is 502 g/mol. The van der Waals surface area contributed by atoms with Crippen molar-refractivity contribution in [2.24, 2.45) is 11.1 Å². The summed E-state index contributed by atoms with van der Waals surface area (Å²) in [6, 6.07) is 13.2. The number of carbonyl (C=O) groups is 1. The molecule has 0 saturated carbocycles. The van der Waals surface area contributed by atoms with Crippen LogP contribution in [0.4, 0.5) is 10.7 Å². The van der Waals surface area contributed by atoms with Crippen LogP contribution in [-0.4, -0.2) is 56.2 Å². The van der Waals surface area contributed by atoms with E-state index < -0.39 is 0 Å². The van der Waals surface area contributed by atoms with E-state index in [2.05, 4.69) is 60.0 Å². The fourth-order valence-electron chi connectivity index (χ4n) is 5.82. The number of rotatable bonds is 4. The van der Waals surface area contributed by atoms with Gasteiger partial charge >= 0.3 is 0 Å². The van der Waals surface area contributed by atoms with Gasteiger partial charge in [-0.3, -0.25) is 9.78 Å². The third kappa shape index (κ3) is 4.44. The summed E-state index contributed by atoms with van der Waals surface area (Å²) in [5, 5.41) is 1.20. The predicted octanol–water partition coefficient (Wildman–Crippen LogP) is 5.01. The zero-order valence-electron chi connectivity index (χ0n) is 21.1. The van der Waals surface area contributed by atoms with Gasteiger partial charge in [0.1, 0.15) is 0 Å². The Kier molecular flexibility index (Phi) is 6.10. The molecular weight excluding hydrogens is 468 g/mol. The lowest BCUT2D eigenvalue weighted by Gasteiger charge is -2.30. The largest absolute Gasteiger partial charge is 0.378 e.